The second-order valence-electron chi connectivity index (χ2n) is 5.67. The van der Waals surface area contributed by atoms with Gasteiger partial charge in [0.15, 0.2) is 17.2 Å². The largest absolute Gasteiger partial charge is 0.482 e. The lowest BCUT2D eigenvalue weighted by molar-refractivity contribution is -0.121. The first-order chi connectivity index (χ1) is 11.8. The van der Waals surface area contributed by atoms with Crippen LogP contribution in [0.3, 0.4) is 0 Å². The van der Waals surface area contributed by atoms with Gasteiger partial charge in [-0.2, -0.15) is 5.10 Å². The molecule has 24 heavy (non-hydrogen) atoms. The standard InChI is InChI=1S/C16H17N3O5/c20-16(4-10-1-2-13-14(3-10)23-9-22-13)19-12-7-21-8-15(12)24-11-5-17-18-6-11/h1-3,5-6,12,15H,4,7-9H2,(H,17,18)(H,19,20)/t12-,15+/m0/s1. The molecule has 2 aliphatic heterocycles. The zero-order valence-electron chi connectivity index (χ0n) is 12.9. The number of nitrogens with one attached hydrogen (secondary N) is 2. The summed E-state index contributed by atoms with van der Waals surface area (Å²) in [7, 11) is 0. The van der Waals surface area contributed by atoms with Gasteiger partial charge < -0.3 is 24.3 Å². The number of ether oxygens (including phenoxy) is 4. The summed E-state index contributed by atoms with van der Waals surface area (Å²) in [6.07, 6.45) is 3.27. The fourth-order valence-corrected chi connectivity index (χ4v) is 2.76. The number of rotatable bonds is 5. The molecule has 0 unspecified atom stereocenters. The van der Waals surface area contributed by atoms with Gasteiger partial charge >= 0.3 is 0 Å². The molecule has 0 aliphatic carbocycles. The average molecular weight is 331 g/mol. The van der Waals surface area contributed by atoms with Gasteiger partial charge in [0.25, 0.3) is 0 Å². The summed E-state index contributed by atoms with van der Waals surface area (Å²) in [5, 5.41) is 9.49. The third-order valence-corrected chi connectivity index (χ3v) is 3.94. The summed E-state index contributed by atoms with van der Waals surface area (Å²) in [4.78, 5) is 12.3. The summed E-state index contributed by atoms with van der Waals surface area (Å²) >= 11 is 0. The topological polar surface area (TPSA) is 94.7 Å². The van der Waals surface area contributed by atoms with Crippen molar-refractivity contribution in [3.05, 3.63) is 36.2 Å². The highest BCUT2D eigenvalue weighted by Gasteiger charge is 2.31. The minimum absolute atomic E-state index is 0.0924. The maximum absolute atomic E-state index is 12.3. The van der Waals surface area contributed by atoms with Gasteiger partial charge in [0.05, 0.1) is 38.1 Å². The molecule has 1 amide bonds. The van der Waals surface area contributed by atoms with E-state index in [0.717, 1.165) is 5.56 Å². The molecule has 1 fully saturated rings. The molecule has 0 saturated carbocycles. The van der Waals surface area contributed by atoms with Gasteiger partial charge in [0.1, 0.15) is 6.10 Å². The first-order valence-electron chi connectivity index (χ1n) is 7.69. The summed E-state index contributed by atoms with van der Waals surface area (Å²) in [6.45, 7) is 1.08. The van der Waals surface area contributed by atoms with Gasteiger partial charge in [-0.25, -0.2) is 0 Å². The van der Waals surface area contributed by atoms with Gasteiger partial charge in [-0.3, -0.25) is 9.89 Å². The van der Waals surface area contributed by atoms with E-state index in [0.29, 0.717) is 30.5 Å². The Labute approximate surface area is 138 Å². The molecule has 8 heteroatoms. The fourth-order valence-electron chi connectivity index (χ4n) is 2.76. The first kappa shape index (κ1) is 14.8. The van der Waals surface area contributed by atoms with Crippen molar-refractivity contribution in [2.24, 2.45) is 0 Å². The molecule has 0 bridgehead atoms. The van der Waals surface area contributed by atoms with E-state index in [1.807, 2.05) is 18.2 Å². The first-order valence-corrected chi connectivity index (χ1v) is 7.69. The van der Waals surface area contributed by atoms with Crippen LogP contribution >= 0.6 is 0 Å². The number of carbonyl (C=O) groups excluding carboxylic acids is 1. The van der Waals surface area contributed by atoms with E-state index >= 15 is 0 Å². The molecule has 8 nitrogen and oxygen atoms in total. The number of amides is 1. The SMILES string of the molecule is O=C(Cc1ccc2c(c1)OCO2)N[C@H]1COC[C@H]1Oc1cn[nH]c1. The quantitative estimate of drug-likeness (QED) is 0.835. The van der Waals surface area contributed by atoms with Crippen molar-refractivity contribution >= 4 is 5.91 Å². The summed E-state index contributed by atoms with van der Waals surface area (Å²) in [6, 6.07) is 5.31. The number of benzene rings is 1. The zero-order chi connectivity index (χ0) is 16.4. The van der Waals surface area contributed by atoms with Crippen LogP contribution in [0.5, 0.6) is 17.2 Å². The Morgan fingerprint density at radius 3 is 3.12 bits per heavy atom. The minimum Gasteiger partial charge on any atom is -0.482 e. The number of hydrogen-bond donors (Lipinski definition) is 2. The zero-order valence-corrected chi connectivity index (χ0v) is 12.9. The molecule has 2 aromatic rings. The Balaban J connectivity index is 1.35. The van der Waals surface area contributed by atoms with E-state index in [2.05, 4.69) is 15.5 Å². The molecule has 2 N–H and O–H groups in total. The van der Waals surface area contributed by atoms with Gasteiger partial charge in [-0.15, -0.1) is 0 Å². The molecular weight excluding hydrogens is 314 g/mol. The molecule has 0 spiro atoms. The summed E-state index contributed by atoms with van der Waals surface area (Å²) < 4.78 is 21.8. The lowest BCUT2D eigenvalue weighted by Gasteiger charge is -2.19. The third kappa shape index (κ3) is 3.13. The predicted molar refractivity (Wildman–Crippen MR) is 82.0 cm³/mol. The van der Waals surface area contributed by atoms with Crippen molar-refractivity contribution in [1.29, 1.82) is 0 Å². The van der Waals surface area contributed by atoms with Crippen LogP contribution in [0.25, 0.3) is 0 Å². The van der Waals surface area contributed by atoms with Crippen molar-refractivity contribution in [3.63, 3.8) is 0 Å². The van der Waals surface area contributed by atoms with E-state index in [1.54, 1.807) is 12.4 Å². The van der Waals surface area contributed by atoms with Crippen LogP contribution in [0.4, 0.5) is 0 Å². The maximum Gasteiger partial charge on any atom is 0.231 e. The molecule has 126 valence electrons. The molecule has 3 heterocycles. The smallest absolute Gasteiger partial charge is 0.231 e. The molecule has 0 radical (unpaired) electrons. The number of carbonyl (C=O) groups is 1. The van der Waals surface area contributed by atoms with E-state index in [9.17, 15) is 4.79 Å². The van der Waals surface area contributed by atoms with Crippen molar-refractivity contribution < 1.29 is 23.7 Å². The third-order valence-electron chi connectivity index (χ3n) is 3.94. The van der Waals surface area contributed by atoms with E-state index < -0.39 is 0 Å². The maximum atomic E-state index is 12.3. The normalized spacial score (nSPS) is 21.7. The van der Waals surface area contributed by atoms with Gasteiger partial charge in [0, 0.05) is 0 Å². The van der Waals surface area contributed by atoms with Crippen LogP contribution in [-0.2, 0) is 16.0 Å². The number of hydrogen-bond acceptors (Lipinski definition) is 6. The Morgan fingerprint density at radius 1 is 1.33 bits per heavy atom. The molecule has 1 aromatic carbocycles. The van der Waals surface area contributed by atoms with Gasteiger partial charge in [-0.1, -0.05) is 6.07 Å². The molecule has 4 rings (SSSR count). The van der Waals surface area contributed by atoms with Crippen LogP contribution in [0.1, 0.15) is 5.56 Å². The van der Waals surface area contributed by atoms with Crippen LogP contribution in [-0.4, -0.2) is 48.3 Å². The molecular formula is C16H17N3O5. The number of fused-ring (bicyclic) bond motifs is 1. The Hall–Kier alpha value is -2.74. The highest BCUT2D eigenvalue weighted by Crippen LogP contribution is 2.32. The Bertz CT molecular complexity index is 719. The highest BCUT2D eigenvalue weighted by molar-refractivity contribution is 5.79. The second-order valence-corrected chi connectivity index (χ2v) is 5.67. The van der Waals surface area contributed by atoms with E-state index in [-0.39, 0.29) is 31.3 Å². The number of aromatic nitrogens is 2. The van der Waals surface area contributed by atoms with Crippen LogP contribution in [0.2, 0.25) is 0 Å². The highest BCUT2D eigenvalue weighted by atomic mass is 16.7. The minimum atomic E-state index is -0.233. The lowest BCUT2D eigenvalue weighted by Crippen LogP contribution is -2.45. The molecule has 1 aromatic heterocycles. The lowest BCUT2D eigenvalue weighted by atomic mass is 10.1. The van der Waals surface area contributed by atoms with Crippen LogP contribution in [0, 0.1) is 0 Å². The Morgan fingerprint density at radius 2 is 2.25 bits per heavy atom. The van der Waals surface area contributed by atoms with Crippen molar-refractivity contribution in [2.75, 3.05) is 20.0 Å². The van der Waals surface area contributed by atoms with Crippen molar-refractivity contribution in [1.82, 2.24) is 15.5 Å². The fraction of sp³-hybridized carbons (Fsp3) is 0.375. The van der Waals surface area contributed by atoms with Gasteiger partial charge in [-0.05, 0) is 17.7 Å². The average Bonchev–Trinajstić information content (AvgIpc) is 3.30. The second kappa shape index (κ2) is 6.40. The van der Waals surface area contributed by atoms with Crippen LogP contribution in [0.15, 0.2) is 30.6 Å². The predicted octanol–water partition coefficient (Wildman–Crippen LogP) is 0.643. The monoisotopic (exact) mass is 331 g/mol. The van der Waals surface area contributed by atoms with Crippen molar-refractivity contribution in [2.45, 2.75) is 18.6 Å². The Kier molecular flexibility index (Phi) is 3.96. The summed E-state index contributed by atoms with van der Waals surface area (Å²) in [5.41, 5.74) is 0.864. The molecule has 2 aliphatic rings. The van der Waals surface area contributed by atoms with Crippen molar-refractivity contribution in [3.8, 4) is 17.2 Å². The molecule has 2 atom stereocenters. The van der Waals surface area contributed by atoms with Gasteiger partial charge in [0.2, 0.25) is 12.7 Å². The van der Waals surface area contributed by atoms with Crippen LogP contribution < -0.4 is 19.5 Å². The number of H-pyrrole nitrogens is 1. The van der Waals surface area contributed by atoms with E-state index in [1.165, 1.54) is 0 Å². The van der Waals surface area contributed by atoms with E-state index in [4.69, 9.17) is 18.9 Å². The summed E-state index contributed by atoms with van der Waals surface area (Å²) in [5.74, 6) is 1.91. The number of nitrogens with zero attached hydrogens (tertiary/aromatic N) is 1. The molecule has 1 saturated heterocycles. The number of aromatic amines is 1.